The van der Waals surface area contributed by atoms with Gasteiger partial charge in [0.05, 0.1) is 5.69 Å². The number of aryl methyl sites for hydroxylation is 1. The molecule has 2 aromatic rings. The number of alkyl halides is 2. The van der Waals surface area contributed by atoms with Crippen molar-refractivity contribution in [2.75, 3.05) is 5.32 Å². The van der Waals surface area contributed by atoms with Gasteiger partial charge in [-0.15, -0.1) is 0 Å². The maximum Gasteiger partial charge on any atom is 0.264 e. The lowest BCUT2D eigenvalue weighted by Gasteiger charge is -2.11. The van der Waals surface area contributed by atoms with E-state index >= 15 is 0 Å². The molecule has 0 bridgehead atoms. The zero-order chi connectivity index (χ0) is 14.3. The van der Waals surface area contributed by atoms with Gasteiger partial charge in [0.2, 0.25) is 0 Å². The number of halogens is 3. The fourth-order valence-corrected chi connectivity index (χ4v) is 2.47. The summed E-state index contributed by atoms with van der Waals surface area (Å²) in [5, 5.41) is 3.49. The standard InChI is InChI=1S/C15H12ClF2NO/c1-8-2-3-12-14(4-8)20-13-6-9(15(17)18)5-11(16)10(13)7-19-12/h2-6,15,19H,7H2,1H3. The minimum Gasteiger partial charge on any atom is -0.455 e. The van der Waals surface area contributed by atoms with Gasteiger partial charge in [0, 0.05) is 22.7 Å². The van der Waals surface area contributed by atoms with E-state index in [4.69, 9.17) is 16.3 Å². The maximum atomic E-state index is 12.8. The van der Waals surface area contributed by atoms with Crippen molar-refractivity contribution in [2.45, 2.75) is 19.9 Å². The van der Waals surface area contributed by atoms with E-state index in [1.165, 1.54) is 12.1 Å². The Labute approximate surface area is 120 Å². The molecule has 1 N–H and O–H groups in total. The van der Waals surface area contributed by atoms with Crippen LogP contribution in [0.15, 0.2) is 30.3 Å². The van der Waals surface area contributed by atoms with Crippen molar-refractivity contribution in [1.29, 1.82) is 0 Å². The SMILES string of the molecule is Cc1ccc2c(c1)Oc1cc(C(F)F)cc(Cl)c1CN2. The molecule has 1 heterocycles. The molecule has 1 aliphatic heterocycles. The molecule has 104 valence electrons. The van der Waals surface area contributed by atoms with Crippen molar-refractivity contribution in [3.05, 3.63) is 52.0 Å². The van der Waals surface area contributed by atoms with Gasteiger partial charge < -0.3 is 10.1 Å². The largest absolute Gasteiger partial charge is 0.455 e. The van der Waals surface area contributed by atoms with E-state index < -0.39 is 6.43 Å². The van der Waals surface area contributed by atoms with Crippen molar-refractivity contribution in [3.8, 4) is 11.5 Å². The highest BCUT2D eigenvalue weighted by Gasteiger charge is 2.20. The van der Waals surface area contributed by atoms with Crippen LogP contribution >= 0.6 is 11.6 Å². The Morgan fingerprint density at radius 3 is 2.75 bits per heavy atom. The van der Waals surface area contributed by atoms with Gasteiger partial charge in [-0.2, -0.15) is 0 Å². The molecule has 0 spiro atoms. The average Bonchev–Trinajstić information content (AvgIpc) is 2.57. The zero-order valence-corrected chi connectivity index (χ0v) is 11.5. The molecule has 1 aliphatic rings. The van der Waals surface area contributed by atoms with Crippen LogP contribution in [0.3, 0.4) is 0 Å². The van der Waals surface area contributed by atoms with Crippen LogP contribution in [-0.2, 0) is 6.54 Å². The molecule has 20 heavy (non-hydrogen) atoms. The smallest absolute Gasteiger partial charge is 0.264 e. The number of hydrogen-bond donors (Lipinski definition) is 1. The highest BCUT2D eigenvalue weighted by molar-refractivity contribution is 6.31. The first-order valence-electron chi connectivity index (χ1n) is 6.17. The number of anilines is 1. The Kier molecular flexibility index (Phi) is 3.26. The van der Waals surface area contributed by atoms with Crippen LogP contribution in [0.5, 0.6) is 11.5 Å². The fourth-order valence-electron chi connectivity index (χ4n) is 2.18. The van der Waals surface area contributed by atoms with Crippen molar-refractivity contribution >= 4 is 17.3 Å². The number of hydrogen-bond acceptors (Lipinski definition) is 2. The minimum atomic E-state index is -2.57. The van der Waals surface area contributed by atoms with Gasteiger partial charge in [-0.25, -0.2) is 8.78 Å². The molecule has 0 saturated carbocycles. The average molecular weight is 296 g/mol. The maximum absolute atomic E-state index is 12.8. The molecule has 2 nitrogen and oxygen atoms in total. The Bertz CT molecular complexity index is 673. The second-order valence-electron chi connectivity index (χ2n) is 4.74. The number of nitrogens with one attached hydrogen (secondary N) is 1. The topological polar surface area (TPSA) is 21.3 Å². The zero-order valence-electron chi connectivity index (χ0n) is 10.7. The Hall–Kier alpha value is -1.81. The third kappa shape index (κ3) is 2.31. The van der Waals surface area contributed by atoms with Gasteiger partial charge in [0.15, 0.2) is 5.75 Å². The molecule has 0 fully saturated rings. The molecule has 0 saturated heterocycles. The molecule has 0 unspecified atom stereocenters. The van der Waals surface area contributed by atoms with Crippen LogP contribution in [0.25, 0.3) is 0 Å². The molecular weight excluding hydrogens is 284 g/mol. The van der Waals surface area contributed by atoms with Gasteiger partial charge in [-0.05, 0) is 36.8 Å². The summed E-state index contributed by atoms with van der Waals surface area (Å²) in [6.45, 7) is 2.38. The predicted octanol–water partition coefficient (Wildman–Crippen LogP) is 5.30. The van der Waals surface area contributed by atoms with Crippen molar-refractivity contribution in [3.63, 3.8) is 0 Å². The molecule has 5 heteroatoms. The first-order chi connectivity index (χ1) is 9.54. The predicted molar refractivity (Wildman–Crippen MR) is 75.0 cm³/mol. The van der Waals surface area contributed by atoms with E-state index in [-0.39, 0.29) is 10.6 Å². The highest BCUT2D eigenvalue weighted by atomic mass is 35.5. The fraction of sp³-hybridized carbons (Fsp3) is 0.200. The number of rotatable bonds is 1. The first kappa shape index (κ1) is 13.2. The monoisotopic (exact) mass is 295 g/mol. The van der Waals surface area contributed by atoms with E-state index in [0.717, 1.165) is 11.3 Å². The van der Waals surface area contributed by atoms with Crippen LogP contribution in [0.1, 0.15) is 23.1 Å². The summed E-state index contributed by atoms with van der Waals surface area (Å²) < 4.78 is 31.5. The van der Waals surface area contributed by atoms with Crippen LogP contribution in [-0.4, -0.2) is 0 Å². The second-order valence-corrected chi connectivity index (χ2v) is 5.14. The first-order valence-corrected chi connectivity index (χ1v) is 6.55. The Balaban J connectivity index is 2.10. The van der Waals surface area contributed by atoms with Gasteiger partial charge in [-0.3, -0.25) is 0 Å². The van der Waals surface area contributed by atoms with Gasteiger partial charge in [0.1, 0.15) is 5.75 Å². The van der Waals surface area contributed by atoms with E-state index in [2.05, 4.69) is 5.32 Å². The highest BCUT2D eigenvalue weighted by Crippen LogP contribution is 2.40. The van der Waals surface area contributed by atoms with Crippen molar-refractivity contribution < 1.29 is 13.5 Å². The Morgan fingerprint density at radius 1 is 1.20 bits per heavy atom. The summed E-state index contributed by atoms with van der Waals surface area (Å²) in [6.07, 6.45) is -2.57. The lowest BCUT2D eigenvalue weighted by Crippen LogP contribution is -1.99. The summed E-state index contributed by atoms with van der Waals surface area (Å²) in [4.78, 5) is 0. The van der Waals surface area contributed by atoms with E-state index in [9.17, 15) is 8.78 Å². The summed E-state index contributed by atoms with van der Waals surface area (Å²) in [6, 6.07) is 8.36. The van der Waals surface area contributed by atoms with E-state index in [0.29, 0.717) is 23.6 Å². The summed E-state index contributed by atoms with van der Waals surface area (Å²) in [5.41, 5.74) is 2.40. The molecule has 0 aliphatic carbocycles. The van der Waals surface area contributed by atoms with Crippen molar-refractivity contribution in [2.24, 2.45) is 0 Å². The molecule has 0 amide bonds. The number of fused-ring (bicyclic) bond motifs is 2. The van der Waals surface area contributed by atoms with Gasteiger partial charge in [0.25, 0.3) is 6.43 Å². The molecule has 0 radical (unpaired) electrons. The van der Waals surface area contributed by atoms with Crippen LogP contribution in [0.4, 0.5) is 14.5 Å². The number of ether oxygens (including phenoxy) is 1. The molecule has 2 aromatic carbocycles. The second kappa shape index (κ2) is 4.94. The molecule has 0 aromatic heterocycles. The normalized spacial score (nSPS) is 13.1. The quantitative estimate of drug-likeness (QED) is 0.770. The van der Waals surface area contributed by atoms with Gasteiger partial charge in [-0.1, -0.05) is 17.7 Å². The lowest BCUT2D eigenvalue weighted by atomic mass is 10.1. The van der Waals surface area contributed by atoms with E-state index in [1.807, 2.05) is 25.1 Å². The minimum absolute atomic E-state index is 0.134. The van der Waals surface area contributed by atoms with E-state index in [1.54, 1.807) is 0 Å². The third-order valence-electron chi connectivity index (χ3n) is 3.24. The van der Waals surface area contributed by atoms with Crippen LogP contribution < -0.4 is 10.1 Å². The molecule has 3 rings (SSSR count). The van der Waals surface area contributed by atoms with Gasteiger partial charge >= 0.3 is 0 Å². The summed E-state index contributed by atoms with van der Waals surface area (Å²) in [7, 11) is 0. The van der Waals surface area contributed by atoms with Crippen molar-refractivity contribution in [1.82, 2.24) is 0 Å². The summed E-state index contributed by atoms with van der Waals surface area (Å²) >= 11 is 6.08. The Morgan fingerprint density at radius 2 is 2.00 bits per heavy atom. The number of benzene rings is 2. The summed E-state index contributed by atoms with van der Waals surface area (Å²) in [5.74, 6) is 0.996. The lowest BCUT2D eigenvalue weighted by molar-refractivity contribution is 0.151. The third-order valence-corrected chi connectivity index (χ3v) is 3.58. The van der Waals surface area contributed by atoms with Crippen LogP contribution in [0.2, 0.25) is 5.02 Å². The van der Waals surface area contributed by atoms with Crippen LogP contribution in [0, 0.1) is 6.92 Å². The molecule has 0 atom stereocenters. The molecular formula is C15H12ClF2NO.